The second-order valence-electron chi connectivity index (χ2n) is 2.87. The van der Waals surface area contributed by atoms with Crippen LogP contribution >= 0.6 is 11.6 Å². The molecule has 0 fully saturated rings. The monoisotopic (exact) mass is 260 g/mol. The van der Waals surface area contributed by atoms with Crippen molar-refractivity contribution >= 4 is 11.6 Å². The molecule has 0 aromatic rings. The highest BCUT2D eigenvalue weighted by Crippen LogP contribution is 2.45. The Morgan fingerprint density at radius 2 is 1.33 bits per heavy atom. The minimum Gasteiger partial charge on any atom is -0.392 e. The highest BCUT2D eigenvalue weighted by atomic mass is 35.5. The summed E-state index contributed by atoms with van der Waals surface area (Å²) in [6.45, 7) is 0. The summed E-state index contributed by atoms with van der Waals surface area (Å²) < 4.78 is 71.8. The van der Waals surface area contributed by atoms with Crippen molar-refractivity contribution in [1.82, 2.24) is 0 Å². The van der Waals surface area contributed by atoms with Gasteiger partial charge in [-0.3, -0.25) is 0 Å². The maximum absolute atomic E-state index is 12.0. The summed E-state index contributed by atoms with van der Waals surface area (Å²) in [5.41, 5.74) is -4.94. The first-order valence-corrected chi connectivity index (χ1v) is 4.09. The van der Waals surface area contributed by atoms with Gasteiger partial charge in [-0.05, 0) is 0 Å². The molecule has 0 saturated carbocycles. The SMILES string of the molecule is OC(CCl)CC(O)(C(F)(F)F)C(F)(F)F. The number of aliphatic hydroxyl groups is 2. The van der Waals surface area contributed by atoms with Crippen molar-refractivity contribution in [2.75, 3.05) is 5.88 Å². The molecule has 0 radical (unpaired) electrons. The van der Waals surface area contributed by atoms with E-state index in [1.807, 2.05) is 0 Å². The van der Waals surface area contributed by atoms with Crippen molar-refractivity contribution in [1.29, 1.82) is 0 Å². The van der Waals surface area contributed by atoms with Crippen LogP contribution < -0.4 is 0 Å². The Morgan fingerprint density at radius 3 is 1.53 bits per heavy atom. The minimum atomic E-state index is -5.92. The first kappa shape index (κ1) is 14.8. The molecule has 0 heterocycles. The lowest BCUT2D eigenvalue weighted by Crippen LogP contribution is -2.58. The van der Waals surface area contributed by atoms with Gasteiger partial charge in [0.25, 0.3) is 5.60 Å². The lowest BCUT2D eigenvalue weighted by atomic mass is 9.95. The molecule has 2 nitrogen and oxygen atoms in total. The normalized spacial score (nSPS) is 16.6. The van der Waals surface area contributed by atoms with Crippen molar-refractivity contribution in [3.63, 3.8) is 0 Å². The molecule has 1 unspecified atom stereocenters. The van der Waals surface area contributed by atoms with Gasteiger partial charge in [0.05, 0.1) is 6.10 Å². The Kier molecular flexibility index (Phi) is 4.28. The standard InChI is InChI=1S/C6H7ClF6O2/c7-2-3(14)1-4(15,5(8,9)10)6(11,12)13/h3,14-15H,1-2H2. The summed E-state index contributed by atoms with van der Waals surface area (Å²) in [6.07, 6.45) is -15.9. The second kappa shape index (κ2) is 4.34. The quantitative estimate of drug-likeness (QED) is 0.600. The molecular formula is C6H7ClF6O2. The Morgan fingerprint density at radius 1 is 1.00 bits per heavy atom. The highest BCUT2D eigenvalue weighted by Gasteiger charge is 2.70. The Hall–Kier alpha value is -0.210. The van der Waals surface area contributed by atoms with Gasteiger partial charge in [0.2, 0.25) is 0 Å². The van der Waals surface area contributed by atoms with Crippen LogP contribution in [0.2, 0.25) is 0 Å². The molecule has 0 amide bonds. The van der Waals surface area contributed by atoms with Gasteiger partial charge in [-0.15, -0.1) is 11.6 Å². The Bertz CT molecular complexity index is 199. The molecule has 0 aliphatic carbocycles. The molecule has 92 valence electrons. The van der Waals surface area contributed by atoms with Crippen molar-refractivity contribution in [3.8, 4) is 0 Å². The van der Waals surface area contributed by atoms with Crippen molar-refractivity contribution in [2.45, 2.75) is 30.5 Å². The van der Waals surface area contributed by atoms with E-state index in [0.29, 0.717) is 0 Å². The van der Waals surface area contributed by atoms with Gasteiger partial charge < -0.3 is 10.2 Å². The zero-order chi connectivity index (χ0) is 12.5. The molecule has 15 heavy (non-hydrogen) atoms. The van der Waals surface area contributed by atoms with Gasteiger partial charge in [-0.2, -0.15) is 26.3 Å². The number of hydrogen-bond acceptors (Lipinski definition) is 2. The van der Waals surface area contributed by atoms with Crippen LogP contribution in [-0.2, 0) is 0 Å². The highest BCUT2D eigenvalue weighted by molar-refractivity contribution is 6.18. The van der Waals surface area contributed by atoms with Crippen molar-refractivity contribution in [3.05, 3.63) is 0 Å². The van der Waals surface area contributed by atoms with Gasteiger partial charge >= 0.3 is 12.4 Å². The average Bonchev–Trinajstić information content (AvgIpc) is 1.99. The zero-order valence-electron chi connectivity index (χ0n) is 7.03. The summed E-state index contributed by atoms with van der Waals surface area (Å²) in [7, 11) is 0. The lowest BCUT2D eigenvalue weighted by molar-refractivity contribution is -0.373. The van der Waals surface area contributed by atoms with Gasteiger partial charge in [0.1, 0.15) is 0 Å². The van der Waals surface area contributed by atoms with Crippen LogP contribution in [0.15, 0.2) is 0 Å². The lowest BCUT2D eigenvalue weighted by Gasteiger charge is -2.33. The molecule has 0 aliphatic heterocycles. The number of halogens is 7. The van der Waals surface area contributed by atoms with Crippen LogP contribution in [0.5, 0.6) is 0 Å². The van der Waals surface area contributed by atoms with Gasteiger partial charge in [0, 0.05) is 12.3 Å². The molecule has 9 heteroatoms. The first-order valence-electron chi connectivity index (χ1n) is 3.55. The Labute approximate surface area is 85.4 Å². The molecule has 2 N–H and O–H groups in total. The largest absolute Gasteiger partial charge is 0.426 e. The summed E-state index contributed by atoms with van der Waals surface area (Å²) in [5, 5.41) is 17.1. The second-order valence-corrected chi connectivity index (χ2v) is 3.18. The number of alkyl halides is 7. The molecule has 0 aliphatic rings. The zero-order valence-corrected chi connectivity index (χ0v) is 7.79. The smallest absolute Gasteiger partial charge is 0.392 e. The number of aliphatic hydroxyl groups excluding tert-OH is 1. The third-order valence-corrected chi connectivity index (χ3v) is 2.00. The van der Waals surface area contributed by atoms with E-state index >= 15 is 0 Å². The molecular weight excluding hydrogens is 254 g/mol. The van der Waals surface area contributed by atoms with Crippen LogP contribution in [0.3, 0.4) is 0 Å². The fourth-order valence-corrected chi connectivity index (χ4v) is 0.897. The van der Waals surface area contributed by atoms with Gasteiger partial charge in [-0.25, -0.2) is 0 Å². The van der Waals surface area contributed by atoms with Crippen LogP contribution in [0.25, 0.3) is 0 Å². The molecule has 1 atom stereocenters. The summed E-state index contributed by atoms with van der Waals surface area (Å²) >= 11 is 4.86. The number of rotatable bonds is 3. The van der Waals surface area contributed by atoms with Crippen LogP contribution in [0.4, 0.5) is 26.3 Å². The minimum absolute atomic E-state index is 0.839. The summed E-state index contributed by atoms with van der Waals surface area (Å²) in [5.74, 6) is -0.839. The van der Waals surface area contributed by atoms with Crippen molar-refractivity contribution < 1.29 is 36.6 Å². The predicted molar refractivity (Wildman–Crippen MR) is 38.4 cm³/mol. The van der Waals surface area contributed by atoms with E-state index in [1.54, 1.807) is 0 Å². The Balaban J connectivity index is 5.06. The third kappa shape index (κ3) is 3.12. The molecule has 0 saturated heterocycles. The molecule has 0 rings (SSSR count). The van der Waals surface area contributed by atoms with E-state index in [4.69, 9.17) is 21.8 Å². The van der Waals surface area contributed by atoms with E-state index in [2.05, 4.69) is 0 Å². The van der Waals surface area contributed by atoms with E-state index in [9.17, 15) is 26.3 Å². The van der Waals surface area contributed by atoms with Crippen LogP contribution in [0, 0.1) is 0 Å². The predicted octanol–water partition coefficient (Wildman–Crippen LogP) is 1.83. The van der Waals surface area contributed by atoms with Gasteiger partial charge in [0.15, 0.2) is 0 Å². The third-order valence-electron chi connectivity index (χ3n) is 1.65. The van der Waals surface area contributed by atoms with E-state index in [-0.39, 0.29) is 0 Å². The molecule has 0 aromatic heterocycles. The maximum atomic E-state index is 12.0. The van der Waals surface area contributed by atoms with Crippen molar-refractivity contribution in [2.24, 2.45) is 0 Å². The van der Waals surface area contributed by atoms with Crippen LogP contribution in [-0.4, -0.2) is 40.2 Å². The fraction of sp³-hybridized carbons (Fsp3) is 1.00. The van der Waals surface area contributed by atoms with E-state index < -0.39 is 36.4 Å². The molecule has 0 aromatic carbocycles. The maximum Gasteiger partial charge on any atom is 0.426 e. The molecule has 0 bridgehead atoms. The summed E-state index contributed by atoms with van der Waals surface area (Å²) in [4.78, 5) is 0. The number of hydrogen-bond donors (Lipinski definition) is 2. The van der Waals surface area contributed by atoms with E-state index in [0.717, 1.165) is 0 Å². The van der Waals surface area contributed by atoms with Crippen LogP contribution in [0.1, 0.15) is 6.42 Å². The average molecular weight is 261 g/mol. The first-order chi connectivity index (χ1) is 6.45. The molecule has 0 spiro atoms. The van der Waals surface area contributed by atoms with Gasteiger partial charge in [-0.1, -0.05) is 0 Å². The fourth-order valence-electron chi connectivity index (χ4n) is 0.788. The topological polar surface area (TPSA) is 40.5 Å². The summed E-state index contributed by atoms with van der Waals surface area (Å²) in [6, 6.07) is 0. The van der Waals surface area contributed by atoms with E-state index in [1.165, 1.54) is 0 Å².